The molecule has 0 bridgehead atoms. The molecule has 0 spiro atoms. The van der Waals surface area contributed by atoms with Crippen LogP contribution in [0, 0.1) is 5.92 Å². The molecule has 1 rings (SSSR count). The predicted octanol–water partition coefficient (Wildman–Crippen LogP) is 1.85. The highest BCUT2D eigenvalue weighted by molar-refractivity contribution is 4.78. The molecule has 1 heterocycles. The minimum Gasteiger partial charge on any atom is -0.326 e. The molecule has 0 saturated carbocycles. The van der Waals surface area contributed by atoms with Crippen LogP contribution in [0.5, 0.6) is 0 Å². The van der Waals surface area contributed by atoms with Crippen molar-refractivity contribution in [2.24, 2.45) is 11.7 Å². The third-order valence-electron chi connectivity index (χ3n) is 2.89. The molecule has 0 aromatic carbocycles. The highest BCUT2D eigenvalue weighted by Crippen LogP contribution is 2.24. The SMILES string of the molecule is CN1CCCC(CC(C)(C)N)CC1. The average molecular weight is 184 g/mol. The van der Waals surface area contributed by atoms with Gasteiger partial charge in [-0.25, -0.2) is 0 Å². The second-order valence-corrected chi connectivity index (χ2v) is 5.29. The predicted molar refractivity (Wildman–Crippen MR) is 57.7 cm³/mol. The van der Waals surface area contributed by atoms with Crippen molar-refractivity contribution >= 4 is 0 Å². The Balaban J connectivity index is 2.34. The molecule has 13 heavy (non-hydrogen) atoms. The van der Waals surface area contributed by atoms with Crippen molar-refractivity contribution in [2.75, 3.05) is 20.1 Å². The molecule has 1 aliphatic rings. The molecule has 0 aromatic rings. The molecule has 1 saturated heterocycles. The van der Waals surface area contributed by atoms with Gasteiger partial charge in [0.15, 0.2) is 0 Å². The number of hydrogen-bond donors (Lipinski definition) is 1. The summed E-state index contributed by atoms with van der Waals surface area (Å²) in [5.74, 6) is 0.852. The smallest absolute Gasteiger partial charge is 0.00997 e. The monoisotopic (exact) mass is 184 g/mol. The maximum absolute atomic E-state index is 6.04. The van der Waals surface area contributed by atoms with E-state index in [9.17, 15) is 0 Å². The molecular weight excluding hydrogens is 160 g/mol. The third kappa shape index (κ3) is 4.63. The molecule has 2 N–H and O–H groups in total. The Morgan fingerprint density at radius 2 is 2.00 bits per heavy atom. The fourth-order valence-electron chi connectivity index (χ4n) is 2.26. The van der Waals surface area contributed by atoms with Crippen LogP contribution in [0.15, 0.2) is 0 Å². The van der Waals surface area contributed by atoms with Crippen LogP contribution in [0.1, 0.15) is 39.5 Å². The van der Waals surface area contributed by atoms with Gasteiger partial charge in [-0.15, -0.1) is 0 Å². The number of nitrogens with zero attached hydrogens (tertiary/aromatic N) is 1. The second kappa shape index (κ2) is 4.43. The van der Waals surface area contributed by atoms with Gasteiger partial charge in [0.1, 0.15) is 0 Å². The van der Waals surface area contributed by atoms with Gasteiger partial charge in [0.2, 0.25) is 0 Å². The molecule has 0 aromatic heterocycles. The Kier molecular flexibility index (Phi) is 3.74. The maximum atomic E-state index is 6.04. The Labute approximate surface area is 82.5 Å². The molecule has 1 atom stereocenters. The molecule has 2 heteroatoms. The number of likely N-dealkylation sites (tertiary alicyclic amines) is 1. The summed E-state index contributed by atoms with van der Waals surface area (Å²) in [6.45, 7) is 6.80. The van der Waals surface area contributed by atoms with Crippen LogP contribution >= 0.6 is 0 Å². The van der Waals surface area contributed by atoms with Gasteiger partial charge in [-0.05, 0) is 65.6 Å². The zero-order valence-electron chi connectivity index (χ0n) is 9.34. The van der Waals surface area contributed by atoms with E-state index in [1.165, 1.54) is 38.8 Å². The van der Waals surface area contributed by atoms with Gasteiger partial charge in [-0.2, -0.15) is 0 Å². The Hall–Kier alpha value is -0.0800. The molecular formula is C11H24N2. The van der Waals surface area contributed by atoms with Crippen molar-refractivity contribution in [3.8, 4) is 0 Å². The quantitative estimate of drug-likeness (QED) is 0.709. The van der Waals surface area contributed by atoms with Crippen LogP contribution in [-0.2, 0) is 0 Å². The van der Waals surface area contributed by atoms with E-state index in [2.05, 4.69) is 25.8 Å². The van der Waals surface area contributed by atoms with Crippen molar-refractivity contribution < 1.29 is 0 Å². The van der Waals surface area contributed by atoms with E-state index < -0.39 is 0 Å². The Morgan fingerprint density at radius 3 is 2.62 bits per heavy atom. The van der Waals surface area contributed by atoms with E-state index in [1.807, 2.05) is 0 Å². The van der Waals surface area contributed by atoms with E-state index in [1.54, 1.807) is 0 Å². The largest absolute Gasteiger partial charge is 0.326 e. The fraction of sp³-hybridized carbons (Fsp3) is 1.00. The summed E-state index contributed by atoms with van der Waals surface area (Å²) in [4.78, 5) is 2.43. The number of nitrogens with two attached hydrogens (primary N) is 1. The average Bonchev–Trinajstić information content (AvgIpc) is 2.12. The summed E-state index contributed by atoms with van der Waals surface area (Å²) in [5, 5.41) is 0. The molecule has 0 amide bonds. The molecule has 1 fully saturated rings. The van der Waals surface area contributed by atoms with Crippen LogP contribution in [0.4, 0.5) is 0 Å². The van der Waals surface area contributed by atoms with E-state index in [4.69, 9.17) is 5.73 Å². The van der Waals surface area contributed by atoms with E-state index in [-0.39, 0.29) is 5.54 Å². The van der Waals surface area contributed by atoms with Crippen molar-refractivity contribution in [1.29, 1.82) is 0 Å². The highest BCUT2D eigenvalue weighted by Gasteiger charge is 2.21. The van der Waals surface area contributed by atoms with Crippen LogP contribution in [0.3, 0.4) is 0 Å². The lowest BCUT2D eigenvalue weighted by Gasteiger charge is -2.24. The van der Waals surface area contributed by atoms with Gasteiger partial charge in [0.05, 0.1) is 0 Å². The molecule has 1 unspecified atom stereocenters. The van der Waals surface area contributed by atoms with Gasteiger partial charge >= 0.3 is 0 Å². The summed E-state index contributed by atoms with van der Waals surface area (Å²) in [5.41, 5.74) is 6.06. The lowest BCUT2D eigenvalue weighted by Crippen LogP contribution is -2.34. The molecule has 78 valence electrons. The maximum Gasteiger partial charge on any atom is 0.00997 e. The lowest BCUT2D eigenvalue weighted by molar-refractivity contribution is 0.313. The van der Waals surface area contributed by atoms with Gasteiger partial charge in [0.25, 0.3) is 0 Å². The summed E-state index contributed by atoms with van der Waals surface area (Å²) in [6.07, 6.45) is 5.22. The third-order valence-corrected chi connectivity index (χ3v) is 2.89. The molecule has 1 aliphatic heterocycles. The standard InChI is InChI=1S/C11H24N2/c1-11(2,12)9-10-5-4-7-13(3)8-6-10/h10H,4-9,12H2,1-3H3. The minimum atomic E-state index is 0.0214. The normalized spacial score (nSPS) is 27.2. The molecule has 0 aliphatic carbocycles. The van der Waals surface area contributed by atoms with Gasteiger partial charge in [-0.3, -0.25) is 0 Å². The summed E-state index contributed by atoms with van der Waals surface area (Å²) >= 11 is 0. The van der Waals surface area contributed by atoms with Crippen LogP contribution in [0.25, 0.3) is 0 Å². The van der Waals surface area contributed by atoms with Gasteiger partial charge in [0, 0.05) is 5.54 Å². The van der Waals surface area contributed by atoms with Crippen molar-refractivity contribution in [2.45, 2.75) is 45.1 Å². The second-order valence-electron chi connectivity index (χ2n) is 5.29. The fourth-order valence-corrected chi connectivity index (χ4v) is 2.26. The van der Waals surface area contributed by atoms with Crippen molar-refractivity contribution in [3.05, 3.63) is 0 Å². The Bertz CT molecular complexity index is 149. The first-order valence-electron chi connectivity index (χ1n) is 5.45. The summed E-state index contributed by atoms with van der Waals surface area (Å²) in [7, 11) is 2.22. The highest BCUT2D eigenvalue weighted by atomic mass is 15.1. The molecule has 2 nitrogen and oxygen atoms in total. The van der Waals surface area contributed by atoms with Gasteiger partial charge in [-0.1, -0.05) is 0 Å². The number of rotatable bonds is 2. The zero-order chi connectivity index (χ0) is 9.90. The van der Waals surface area contributed by atoms with Crippen LogP contribution in [0.2, 0.25) is 0 Å². The van der Waals surface area contributed by atoms with Gasteiger partial charge < -0.3 is 10.6 Å². The zero-order valence-corrected chi connectivity index (χ0v) is 9.34. The topological polar surface area (TPSA) is 29.3 Å². The first-order chi connectivity index (χ1) is 5.97. The van der Waals surface area contributed by atoms with E-state index in [0.29, 0.717) is 0 Å². The summed E-state index contributed by atoms with van der Waals surface area (Å²) < 4.78 is 0. The van der Waals surface area contributed by atoms with E-state index >= 15 is 0 Å². The minimum absolute atomic E-state index is 0.0214. The van der Waals surface area contributed by atoms with E-state index in [0.717, 1.165) is 5.92 Å². The first-order valence-corrected chi connectivity index (χ1v) is 5.45. The first kappa shape index (κ1) is 11.0. The van der Waals surface area contributed by atoms with Crippen molar-refractivity contribution in [1.82, 2.24) is 4.90 Å². The summed E-state index contributed by atoms with van der Waals surface area (Å²) in [6, 6.07) is 0. The lowest BCUT2D eigenvalue weighted by atomic mass is 9.87. The van der Waals surface area contributed by atoms with Crippen LogP contribution in [-0.4, -0.2) is 30.6 Å². The Morgan fingerprint density at radius 1 is 1.31 bits per heavy atom. The van der Waals surface area contributed by atoms with Crippen molar-refractivity contribution in [3.63, 3.8) is 0 Å². The van der Waals surface area contributed by atoms with Crippen LogP contribution < -0.4 is 5.73 Å². The number of hydrogen-bond acceptors (Lipinski definition) is 2. The molecule has 0 radical (unpaired) electrons.